The topological polar surface area (TPSA) is 52.4 Å². The summed E-state index contributed by atoms with van der Waals surface area (Å²) in [6, 6.07) is 8.33. The fourth-order valence-corrected chi connectivity index (χ4v) is 3.05. The van der Waals surface area contributed by atoms with Crippen molar-refractivity contribution in [1.82, 2.24) is 9.88 Å². The fourth-order valence-electron chi connectivity index (χ4n) is 3.05. The van der Waals surface area contributed by atoms with Crippen molar-refractivity contribution in [1.29, 1.82) is 5.26 Å². The van der Waals surface area contributed by atoms with Crippen molar-refractivity contribution in [3.63, 3.8) is 0 Å². The lowest BCUT2D eigenvalue weighted by atomic mass is 10.2. The van der Waals surface area contributed by atoms with Crippen LogP contribution in [0.2, 0.25) is 0 Å². The van der Waals surface area contributed by atoms with Gasteiger partial charge in [-0.3, -0.25) is 4.90 Å². The first-order chi connectivity index (χ1) is 9.86. The van der Waals surface area contributed by atoms with Crippen molar-refractivity contribution in [2.45, 2.75) is 18.9 Å². The Bertz CT molecular complexity index is 493. The SMILES string of the molecule is N#Cc1cccc(N2CCC[C@@H]2CN2CCOCC2)n1. The van der Waals surface area contributed by atoms with Crippen LogP contribution in [0, 0.1) is 11.3 Å². The van der Waals surface area contributed by atoms with Crippen molar-refractivity contribution < 1.29 is 4.74 Å². The molecular weight excluding hydrogens is 252 g/mol. The molecule has 1 atom stereocenters. The smallest absolute Gasteiger partial charge is 0.142 e. The Morgan fingerprint density at radius 1 is 1.30 bits per heavy atom. The van der Waals surface area contributed by atoms with E-state index in [-0.39, 0.29) is 0 Å². The Labute approximate surface area is 119 Å². The summed E-state index contributed by atoms with van der Waals surface area (Å²) in [5.41, 5.74) is 0.500. The van der Waals surface area contributed by atoms with Crippen molar-refractivity contribution in [3.8, 4) is 6.07 Å². The molecule has 5 heteroatoms. The van der Waals surface area contributed by atoms with Crippen molar-refractivity contribution in [2.75, 3.05) is 44.3 Å². The minimum Gasteiger partial charge on any atom is -0.379 e. The third-order valence-corrected chi connectivity index (χ3v) is 4.09. The molecule has 2 aliphatic rings. The highest BCUT2D eigenvalue weighted by molar-refractivity contribution is 5.43. The molecule has 0 aromatic carbocycles. The van der Waals surface area contributed by atoms with E-state index in [1.165, 1.54) is 12.8 Å². The van der Waals surface area contributed by atoms with E-state index in [1.54, 1.807) is 6.07 Å². The van der Waals surface area contributed by atoms with Crippen molar-refractivity contribution >= 4 is 5.82 Å². The molecule has 2 aliphatic heterocycles. The molecule has 20 heavy (non-hydrogen) atoms. The average molecular weight is 272 g/mol. The predicted molar refractivity (Wildman–Crippen MR) is 76.6 cm³/mol. The molecule has 3 rings (SSSR count). The van der Waals surface area contributed by atoms with Crippen LogP contribution in [-0.4, -0.2) is 55.3 Å². The molecule has 1 aromatic heterocycles. The van der Waals surface area contributed by atoms with E-state index in [1.807, 2.05) is 12.1 Å². The lowest BCUT2D eigenvalue weighted by molar-refractivity contribution is 0.0354. The number of aromatic nitrogens is 1. The summed E-state index contributed by atoms with van der Waals surface area (Å²) in [7, 11) is 0. The van der Waals surface area contributed by atoms with Gasteiger partial charge in [0, 0.05) is 32.2 Å². The molecular formula is C15H20N4O. The number of hydrogen-bond acceptors (Lipinski definition) is 5. The number of hydrogen-bond donors (Lipinski definition) is 0. The van der Waals surface area contributed by atoms with Crippen LogP contribution in [0.5, 0.6) is 0 Å². The zero-order valence-corrected chi connectivity index (χ0v) is 11.7. The molecule has 0 saturated carbocycles. The standard InChI is InChI=1S/C15H20N4O/c16-11-13-3-1-5-15(17-13)19-6-2-4-14(19)12-18-7-9-20-10-8-18/h1,3,5,14H,2,4,6-10,12H2/t14-/m1/s1. The summed E-state index contributed by atoms with van der Waals surface area (Å²) >= 11 is 0. The maximum Gasteiger partial charge on any atom is 0.142 e. The van der Waals surface area contributed by atoms with E-state index in [0.717, 1.165) is 45.2 Å². The number of ether oxygens (including phenoxy) is 1. The van der Waals surface area contributed by atoms with E-state index in [4.69, 9.17) is 10.00 Å². The molecule has 0 aliphatic carbocycles. The Morgan fingerprint density at radius 3 is 2.95 bits per heavy atom. The van der Waals surface area contributed by atoms with Crippen LogP contribution in [0.15, 0.2) is 18.2 Å². The van der Waals surface area contributed by atoms with Crippen LogP contribution in [0.3, 0.4) is 0 Å². The molecule has 3 heterocycles. The number of anilines is 1. The summed E-state index contributed by atoms with van der Waals surface area (Å²) in [5.74, 6) is 0.944. The van der Waals surface area contributed by atoms with Gasteiger partial charge in [0.05, 0.1) is 13.2 Å². The largest absolute Gasteiger partial charge is 0.379 e. The van der Waals surface area contributed by atoms with Gasteiger partial charge in [-0.1, -0.05) is 6.07 Å². The second-order valence-corrected chi connectivity index (χ2v) is 5.40. The lowest BCUT2D eigenvalue weighted by Gasteiger charge is -2.33. The molecule has 0 unspecified atom stereocenters. The Morgan fingerprint density at radius 2 is 2.15 bits per heavy atom. The molecule has 0 spiro atoms. The first-order valence-corrected chi connectivity index (χ1v) is 7.31. The first kappa shape index (κ1) is 13.3. The summed E-state index contributed by atoms with van der Waals surface area (Å²) in [4.78, 5) is 9.27. The van der Waals surface area contributed by atoms with E-state index < -0.39 is 0 Å². The summed E-state index contributed by atoms with van der Waals surface area (Å²) < 4.78 is 5.40. The fraction of sp³-hybridized carbons (Fsp3) is 0.600. The van der Waals surface area contributed by atoms with Crippen LogP contribution in [-0.2, 0) is 4.74 Å². The number of rotatable bonds is 3. The molecule has 2 saturated heterocycles. The maximum absolute atomic E-state index is 8.98. The minimum atomic E-state index is 0.500. The van der Waals surface area contributed by atoms with Crippen molar-refractivity contribution in [2.24, 2.45) is 0 Å². The molecule has 0 N–H and O–H groups in total. The van der Waals surface area contributed by atoms with E-state index in [2.05, 4.69) is 20.9 Å². The van der Waals surface area contributed by atoms with Gasteiger partial charge in [0.25, 0.3) is 0 Å². The molecule has 106 valence electrons. The van der Waals surface area contributed by atoms with Crippen molar-refractivity contribution in [3.05, 3.63) is 23.9 Å². The second kappa shape index (κ2) is 6.21. The van der Waals surface area contributed by atoms with Gasteiger partial charge in [-0.2, -0.15) is 5.26 Å². The molecule has 5 nitrogen and oxygen atoms in total. The Balaban J connectivity index is 1.69. The van der Waals surface area contributed by atoms with Crippen LogP contribution in [0.1, 0.15) is 18.5 Å². The zero-order chi connectivity index (χ0) is 13.8. The highest BCUT2D eigenvalue weighted by Gasteiger charge is 2.28. The average Bonchev–Trinajstić information content (AvgIpc) is 2.96. The molecule has 0 radical (unpaired) electrons. The predicted octanol–water partition coefficient (Wildman–Crippen LogP) is 1.25. The maximum atomic E-state index is 8.98. The first-order valence-electron chi connectivity index (χ1n) is 7.31. The summed E-state index contributed by atoms with van der Waals surface area (Å²) in [5, 5.41) is 8.98. The van der Waals surface area contributed by atoms with Gasteiger partial charge in [0.1, 0.15) is 17.6 Å². The van der Waals surface area contributed by atoms with Crippen LogP contribution in [0.25, 0.3) is 0 Å². The number of morpholine rings is 1. The van der Waals surface area contributed by atoms with E-state index in [0.29, 0.717) is 11.7 Å². The zero-order valence-electron chi connectivity index (χ0n) is 11.7. The molecule has 0 amide bonds. The molecule has 2 fully saturated rings. The monoisotopic (exact) mass is 272 g/mol. The highest BCUT2D eigenvalue weighted by Crippen LogP contribution is 2.24. The Kier molecular flexibility index (Phi) is 4.14. The van der Waals surface area contributed by atoms with Gasteiger partial charge in [-0.25, -0.2) is 4.98 Å². The third-order valence-electron chi connectivity index (χ3n) is 4.09. The van der Waals surface area contributed by atoms with Gasteiger partial charge < -0.3 is 9.64 Å². The van der Waals surface area contributed by atoms with Gasteiger partial charge in [-0.05, 0) is 25.0 Å². The number of pyridine rings is 1. The minimum absolute atomic E-state index is 0.500. The number of nitriles is 1. The van der Waals surface area contributed by atoms with E-state index >= 15 is 0 Å². The Hall–Kier alpha value is -1.64. The second-order valence-electron chi connectivity index (χ2n) is 5.40. The lowest BCUT2D eigenvalue weighted by Crippen LogP contribution is -2.45. The molecule has 0 bridgehead atoms. The quantitative estimate of drug-likeness (QED) is 0.829. The highest BCUT2D eigenvalue weighted by atomic mass is 16.5. The number of nitrogens with zero attached hydrogens (tertiary/aromatic N) is 4. The van der Waals surface area contributed by atoms with Crippen LogP contribution >= 0.6 is 0 Å². The summed E-state index contributed by atoms with van der Waals surface area (Å²) in [6.07, 6.45) is 2.41. The van der Waals surface area contributed by atoms with Gasteiger partial charge in [0.2, 0.25) is 0 Å². The summed E-state index contributed by atoms with van der Waals surface area (Å²) in [6.45, 7) is 5.84. The van der Waals surface area contributed by atoms with Crippen LogP contribution in [0.4, 0.5) is 5.82 Å². The van der Waals surface area contributed by atoms with E-state index in [9.17, 15) is 0 Å². The molecule has 1 aromatic rings. The third kappa shape index (κ3) is 2.92. The van der Waals surface area contributed by atoms with Gasteiger partial charge in [-0.15, -0.1) is 0 Å². The van der Waals surface area contributed by atoms with Gasteiger partial charge >= 0.3 is 0 Å². The van der Waals surface area contributed by atoms with Crippen LogP contribution < -0.4 is 4.90 Å². The normalized spacial score (nSPS) is 23.8. The van der Waals surface area contributed by atoms with Gasteiger partial charge in [0.15, 0.2) is 0 Å².